The molecule has 1 N–H and O–H groups in total. The smallest absolute Gasteiger partial charge is 0.311 e. The van der Waals surface area contributed by atoms with E-state index in [2.05, 4.69) is 0 Å². The van der Waals surface area contributed by atoms with Crippen LogP contribution in [0.25, 0.3) is 0 Å². The van der Waals surface area contributed by atoms with Crippen LogP contribution >= 0.6 is 11.8 Å². The fraction of sp³-hybridized carbons (Fsp3) is 0.696. The summed E-state index contributed by atoms with van der Waals surface area (Å²) in [6.07, 6.45) is 9.15. The topological polar surface area (TPSA) is 87.2 Å². The van der Waals surface area contributed by atoms with Crippen LogP contribution in [0.1, 0.15) is 40.5 Å². The summed E-state index contributed by atoms with van der Waals surface area (Å²) in [5.41, 5.74) is 0. The van der Waals surface area contributed by atoms with Gasteiger partial charge in [-0.1, -0.05) is 31.2 Å². The second-order valence-corrected chi connectivity index (χ2v) is 11.1. The summed E-state index contributed by atoms with van der Waals surface area (Å²) in [5, 5.41) is 10.1. The molecule has 0 radical (unpaired) electrons. The molecule has 0 aromatic rings. The van der Waals surface area contributed by atoms with Crippen LogP contribution in [-0.4, -0.2) is 80.1 Å². The molecule has 0 aromatic carbocycles. The lowest BCUT2D eigenvalue weighted by atomic mass is 9.74. The van der Waals surface area contributed by atoms with Crippen molar-refractivity contribution in [2.24, 2.45) is 11.8 Å². The summed E-state index contributed by atoms with van der Waals surface area (Å²) in [6.45, 7) is 8.32. The average Bonchev–Trinajstić information content (AvgIpc) is 3.03. The lowest BCUT2D eigenvalue weighted by Gasteiger charge is -2.40. The minimum Gasteiger partial charge on any atom is -0.465 e. The molecule has 4 heterocycles. The Morgan fingerprint density at radius 1 is 1.19 bits per heavy atom. The number of aliphatic hydroxyl groups is 1. The summed E-state index contributed by atoms with van der Waals surface area (Å²) >= 11 is 1.54. The van der Waals surface area contributed by atoms with E-state index in [9.17, 15) is 19.5 Å². The second kappa shape index (κ2) is 7.96. The molecule has 4 aliphatic rings. The Labute approximate surface area is 187 Å². The van der Waals surface area contributed by atoms with Crippen molar-refractivity contribution in [1.82, 2.24) is 9.80 Å². The fourth-order valence-corrected chi connectivity index (χ4v) is 7.86. The van der Waals surface area contributed by atoms with Gasteiger partial charge in [0, 0.05) is 17.3 Å². The van der Waals surface area contributed by atoms with E-state index in [1.807, 2.05) is 52.0 Å². The van der Waals surface area contributed by atoms with Gasteiger partial charge in [0.2, 0.25) is 11.8 Å². The Morgan fingerprint density at radius 3 is 2.58 bits per heavy atom. The van der Waals surface area contributed by atoms with Gasteiger partial charge in [-0.2, -0.15) is 0 Å². The normalized spacial score (nSPS) is 38.4. The highest BCUT2D eigenvalue weighted by atomic mass is 32.2. The van der Waals surface area contributed by atoms with Crippen molar-refractivity contribution in [1.29, 1.82) is 0 Å². The predicted molar refractivity (Wildman–Crippen MR) is 118 cm³/mol. The van der Waals surface area contributed by atoms with Crippen molar-refractivity contribution in [3.8, 4) is 0 Å². The van der Waals surface area contributed by atoms with Gasteiger partial charge < -0.3 is 19.6 Å². The first kappa shape index (κ1) is 22.4. The number of cyclic esters (lactones) is 1. The second-order valence-electron chi connectivity index (χ2n) is 9.33. The molecule has 2 saturated heterocycles. The van der Waals surface area contributed by atoms with Gasteiger partial charge in [-0.05, 0) is 33.6 Å². The molecule has 6 atom stereocenters. The predicted octanol–water partition coefficient (Wildman–Crippen LogP) is 1.75. The largest absolute Gasteiger partial charge is 0.465 e. The number of rotatable bonds is 4. The molecule has 2 amide bonds. The minimum absolute atomic E-state index is 0.0296. The molecular formula is C23H32N2O5S. The first-order valence-electron chi connectivity index (χ1n) is 11.2. The number of likely N-dealkylation sites (tertiary alicyclic amines) is 1. The molecule has 0 aliphatic carbocycles. The molecular weight excluding hydrogens is 416 g/mol. The lowest BCUT2D eigenvalue weighted by Crippen LogP contribution is -2.57. The molecule has 0 aromatic heterocycles. The average molecular weight is 449 g/mol. The van der Waals surface area contributed by atoms with E-state index in [1.54, 1.807) is 9.80 Å². The van der Waals surface area contributed by atoms with E-state index >= 15 is 0 Å². The number of hydrogen-bond acceptors (Lipinski definition) is 6. The number of hydrogen-bond donors (Lipinski definition) is 1. The van der Waals surface area contributed by atoms with Crippen molar-refractivity contribution in [3.63, 3.8) is 0 Å². The standard InChI is InChI=1S/C23H32N2O5S/c1-5-15(13-26)25-18-20(28)24(14(2)3)11-8-10-23(18)16(19(25)27)17-21(29)30-12-7-6-9-22(17,4)31-23/h6,8-10,14-18,26H,5,7,11-13H2,1-4H3/t15-,16-,17-,18?,22+,23-/m0/s1. The lowest BCUT2D eigenvalue weighted by molar-refractivity contribution is -0.154. The molecule has 31 heavy (non-hydrogen) atoms. The van der Waals surface area contributed by atoms with E-state index in [4.69, 9.17) is 4.74 Å². The molecule has 4 aliphatic heterocycles. The Bertz CT molecular complexity index is 838. The molecule has 7 nitrogen and oxygen atoms in total. The fourth-order valence-electron chi connectivity index (χ4n) is 5.72. The number of aliphatic hydroxyl groups excluding tert-OH is 1. The van der Waals surface area contributed by atoms with Crippen LogP contribution in [0, 0.1) is 11.8 Å². The van der Waals surface area contributed by atoms with Crippen molar-refractivity contribution in [2.45, 2.75) is 68.2 Å². The monoisotopic (exact) mass is 448 g/mol. The first-order valence-corrected chi connectivity index (χ1v) is 12.0. The highest BCUT2D eigenvalue weighted by Gasteiger charge is 2.74. The van der Waals surface area contributed by atoms with Gasteiger partial charge in [-0.15, -0.1) is 11.8 Å². The Kier molecular flexibility index (Phi) is 5.75. The summed E-state index contributed by atoms with van der Waals surface area (Å²) in [5.74, 6) is -2.13. The van der Waals surface area contributed by atoms with Crippen molar-refractivity contribution in [3.05, 3.63) is 24.3 Å². The zero-order valence-corrected chi connectivity index (χ0v) is 19.4. The van der Waals surface area contributed by atoms with Crippen LogP contribution in [0.2, 0.25) is 0 Å². The summed E-state index contributed by atoms with van der Waals surface area (Å²) in [4.78, 5) is 44.4. The van der Waals surface area contributed by atoms with Gasteiger partial charge in [0.05, 0.1) is 35.8 Å². The highest BCUT2D eigenvalue weighted by Crippen LogP contribution is 2.65. The molecule has 4 rings (SSSR count). The molecule has 0 bridgehead atoms. The summed E-state index contributed by atoms with van der Waals surface area (Å²) in [6, 6.07) is -1.27. The summed E-state index contributed by atoms with van der Waals surface area (Å²) in [7, 11) is 0. The zero-order valence-electron chi connectivity index (χ0n) is 18.6. The number of amides is 2. The Hall–Kier alpha value is -1.80. The van der Waals surface area contributed by atoms with Crippen LogP contribution in [0.15, 0.2) is 24.3 Å². The van der Waals surface area contributed by atoms with Crippen LogP contribution in [0.5, 0.6) is 0 Å². The minimum atomic E-state index is -0.881. The van der Waals surface area contributed by atoms with Crippen molar-refractivity contribution < 1.29 is 24.2 Å². The molecule has 8 heteroatoms. The molecule has 1 spiro atoms. The summed E-state index contributed by atoms with van der Waals surface area (Å²) < 4.78 is 3.98. The van der Waals surface area contributed by atoms with E-state index in [0.29, 0.717) is 19.4 Å². The van der Waals surface area contributed by atoms with E-state index in [1.165, 1.54) is 11.8 Å². The number of fused-ring (bicyclic) bond motifs is 2. The highest BCUT2D eigenvalue weighted by molar-refractivity contribution is 8.02. The maximum absolute atomic E-state index is 13.9. The van der Waals surface area contributed by atoms with Crippen LogP contribution in [0.4, 0.5) is 0 Å². The van der Waals surface area contributed by atoms with Gasteiger partial charge >= 0.3 is 5.97 Å². The third-order valence-corrected chi connectivity index (χ3v) is 8.98. The molecule has 0 saturated carbocycles. The van der Waals surface area contributed by atoms with Crippen molar-refractivity contribution in [2.75, 3.05) is 19.8 Å². The van der Waals surface area contributed by atoms with E-state index in [0.717, 1.165) is 0 Å². The van der Waals surface area contributed by atoms with E-state index in [-0.39, 0.29) is 37.0 Å². The van der Waals surface area contributed by atoms with Gasteiger partial charge in [-0.25, -0.2) is 0 Å². The zero-order chi connectivity index (χ0) is 22.6. The third kappa shape index (κ3) is 3.17. The number of carbonyl (C=O) groups is 3. The maximum atomic E-state index is 13.9. The van der Waals surface area contributed by atoms with Gasteiger partial charge in [0.1, 0.15) is 6.04 Å². The molecule has 2 fully saturated rings. The van der Waals surface area contributed by atoms with Gasteiger partial charge in [0.15, 0.2) is 0 Å². The number of nitrogens with zero attached hydrogens (tertiary/aromatic N) is 2. The maximum Gasteiger partial charge on any atom is 0.311 e. The number of ether oxygens (including phenoxy) is 1. The van der Waals surface area contributed by atoms with Gasteiger partial charge in [0.25, 0.3) is 0 Å². The quantitative estimate of drug-likeness (QED) is 0.521. The van der Waals surface area contributed by atoms with Crippen LogP contribution in [0.3, 0.4) is 0 Å². The first-order chi connectivity index (χ1) is 14.7. The number of esters is 1. The van der Waals surface area contributed by atoms with E-state index < -0.39 is 33.4 Å². The third-order valence-electron chi connectivity index (χ3n) is 7.19. The van der Waals surface area contributed by atoms with Crippen molar-refractivity contribution >= 4 is 29.5 Å². The van der Waals surface area contributed by atoms with Crippen LogP contribution in [-0.2, 0) is 19.1 Å². The SMILES string of the molecule is CC[C@@H](CO)N1C(=O)[C@@H]2[C@H]3C(=O)OCCC=C[C@@]3(C)S[C@@]23C=CCN(C(C)C)C(=O)C13. The Morgan fingerprint density at radius 2 is 1.94 bits per heavy atom. The number of thioether (sulfide) groups is 1. The van der Waals surface area contributed by atoms with Crippen LogP contribution < -0.4 is 0 Å². The molecule has 170 valence electrons. The Balaban J connectivity index is 1.92. The number of carbonyl (C=O) groups excluding carboxylic acids is 3. The molecule has 1 unspecified atom stereocenters. The van der Waals surface area contributed by atoms with Gasteiger partial charge in [-0.3, -0.25) is 14.4 Å².